The van der Waals surface area contributed by atoms with E-state index < -0.39 is 0 Å². The van der Waals surface area contributed by atoms with Gasteiger partial charge in [0, 0.05) is 34.6 Å². The summed E-state index contributed by atoms with van der Waals surface area (Å²) in [4.78, 5) is 12.8. The van der Waals surface area contributed by atoms with Gasteiger partial charge in [0.05, 0.1) is 12.0 Å². The normalized spacial score (nSPS) is 16.0. The molecular formula is C23H18N2O4. The van der Waals surface area contributed by atoms with E-state index in [4.69, 9.17) is 8.83 Å². The van der Waals surface area contributed by atoms with Crippen LogP contribution in [0.25, 0.3) is 11.0 Å². The fourth-order valence-electron chi connectivity index (χ4n) is 3.69. The minimum absolute atomic E-state index is 0.0607. The monoisotopic (exact) mass is 386 g/mol. The molecule has 2 aromatic carbocycles. The predicted molar refractivity (Wildman–Crippen MR) is 108 cm³/mol. The Labute approximate surface area is 166 Å². The Hall–Kier alpha value is -3.80. The maximum atomic E-state index is 12.8. The van der Waals surface area contributed by atoms with Crippen LogP contribution in [0.5, 0.6) is 5.75 Å². The molecule has 0 radical (unpaired) electrons. The molecule has 0 unspecified atom stereocenters. The first-order valence-electron chi connectivity index (χ1n) is 9.33. The van der Waals surface area contributed by atoms with E-state index in [1.54, 1.807) is 24.5 Å². The highest BCUT2D eigenvalue weighted by Gasteiger charge is 2.27. The maximum absolute atomic E-state index is 12.8. The van der Waals surface area contributed by atoms with Crippen LogP contribution < -0.4 is 5.43 Å². The minimum atomic E-state index is -0.182. The predicted octanol–water partition coefficient (Wildman–Crippen LogP) is 4.71. The molecule has 5 rings (SSSR count). The van der Waals surface area contributed by atoms with Crippen molar-refractivity contribution in [1.29, 1.82) is 0 Å². The van der Waals surface area contributed by atoms with Gasteiger partial charge in [0.25, 0.3) is 0 Å². The second kappa shape index (κ2) is 6.67. The summed E-state index contributed by atoms with van der Waals surface area (Å²) in [5, 5.41) is 15.7. The van der Waals surface area contributed by atoms with Gasteiger partial charge in [-0.3, -0.25) is 10.2 Å². The van der Waals surface area contributed by atoms with Crippen molar-refractivity contribution in [2.75, 3.05) is 0 Å². The van der Waals surface area contributed by atoms with Gasteiger partial charge in [0.2, 0.25) is 5.78 Å². The van der Waals surface area contributed by atoms with Crippen LogP contribution in [0.3, 0.4) is 0 Å². The van der Waals surface area contributed by atoms with Crippen LogP contribution in [0.2, 0.25) is 0 Å². The number of phenols is 1. The Bertz CT molecular complexity index is 1240. The number of nitrogens with one attached hydrogen (secondary N) is 1. The van der Waals surface area contributed by atoms with Crippen LogP contribution in [0.1, 0.15) is 45.5 Å². The Morgan fingerprint density at radius 1 is 1.17 bits per heavy atom. The zero-order chi connectivity index (χ0) is 20.0. The molecule has 2 N–H and O–H groups in total. The number of hydrogen-bond acceptors (Lipinski definition) is 6. The topological polar surface area (TPSA) is 88.0 Å². The van der Waals surface area contributed by atoms with E-state index in [0.29, 0.717) is 23.1 Å². The highest BCUT2D eigenvalue weighted by molar-refractivity contribution is 6.12. The molecule has 0 aliphatic carbocycles. The van der Waals surface area contributed by atoms with Crippen molar-refractivity contribution in [3.63, 3.8) is 0 Å². The van der Waals surface area contributed by atoms with Crippen LogP contribution in [0.15, 0.2) is 74.8 Å². The Morgan fingerprint density at radius 2 is 2.00 bits per heavy atom. The summed E-state index contributed by atoms with van der Waals surface area (Å²) in [5.41, 5.74) is 6.15. The molecule has 0 spiro atoms. The van der Waals surface area contributed by atoms with E-state index in [1.807, 2.05) is 43.3 Å². The zero-order valence-corrected chi connectivity index (χ0v) is 15.7. The maximum Gasteiger partial charge on any atom is 0.228 e. The Morgan fingerprint density at radius 3 is 2.76 bits per heavy atom. The molecule has 1 aliphatic heterocycles. The standard InChI is InChI=1S/C23H18N2O4/c1-13-15-10-16(17-11-18(25-24-17)20-8-5-9-28-20)19(26)12-21(15)29-23(13)22(27)14-6-3-2-4-7-14/h2-10,12,18,25-26H,11H2,1H3/t18-/m0/s1. The summed E-state index contributed by atoms with van der Waals surface area (Å²) in [6.45, 7) is 1.85. The lowest BCUT2D eigenvalue weighted by Crippen LogP contribution is -2.08. The van der Waals surface area contributed by atoms with Crippen molar-refractivity contribution in [2.24, 2.45) is 5.10 Å². The van der Waals surface area contributed by atoms with Gasteiger partial charge in [-0.2, -0.15) is 5.10 Å². The number of rotatable bonds is 4. The average Bonchev–Trinajstić information content (AvgIpc) is 3.48. The molecule has 0 saturated heterocycles. The van der Waals surface area contributed by atoms with Crippen molar-refractivity contribution in [3.8, 4) is 5.75 Å². The summed E-state index contributed by atoms with van der Waals surface area (Å²) in [7, 11) is 0. The molecule has 144 valence electrons. The SMILES string of the molecule is Cc1c(C(=O)c2ccccc2)oc2cc(O)c(C3=NN[C@H](c4ccco4)C3)cc12. The highest BCUT2D eigenvalue weighted by Crippen LogP contribution is 2.35. The number of fused-ring (bicyclic) bond motifs is 1. The molecule has 0 amide bonds. The van der Waals surface area contributed by atoms with E-state index in [1.165, 1.54) is 0 Å². The summed E-state index contributed by atoms with van der Waals surface area (Å²) < 4.78 is 11.3. The number of benzene rings is 2. The van der Waals surface area contributed by atoms with Crippen molar-refractivity contribution in [2.45, 2.75) is 19.4 Å². The lowest BCUT2D eigenvalue weighted by Gasteiger charge is -2.06. The van der Waals surface area contributed by atoms with Crippen LogP contribution >= 0.6 is 0 Å². The number of hydrazone groups is 1. The number of ketones is 1. The van der Waals surface area contributed by atoms with Gasteiger partial charge in [0.1, 0.15) is 23.1 Å². The number of phenolic OH excluding ortho intramolecular Hbond substituents is 1. The molecule has 0 saturated carbocycles. The third kappa shape index (κ3) is 2.89. The summed E-state index contributed by atoms with van der Waals surface area (Å²) >= 11 is 0. The lowest BCUT2D eigenvalue weighted by atomic mass is 9.99. The van der Waals surface area contributed by atoms with Crippen molar-refractivity contribution in [3.05, 3.63) is 89.1 Å². The molecule has 6 nitrogen and oxygen atoms in total. The van der Waals surface area contributed by atoms with Gasteiger partial charge in [-0.1, -0.05) is 30.3 Å². The molecule has 2 aromatic heterocycles. The Kier molecular flexibility index (Phi) is 3.98. The quantitative estimate of drug-likeness (QED) is 0.496. The first-order chi connectivity index (χ1) is 14.1. The number of carbonyl (C=O) groups excluding carboxylic acids is 1. The largest absolute Gasteiger partial charge is 0.507 e. The molecule has 1 atom stereocenters. The van der Waals surface area contributed by atoms with Gasteiger partial charge in [-0.15, -0.1) is 0 Å². The number of carbonyl (C=O) groups is 1. The number of hydrogen-bond donors (Lipinski definition) is 2. The van der Waals surface area contributed by atoms with E-state index in [-0.39, 0.29) is 23.3 Å². The van der Waals surface area contributed by atoms with Crippen LogP contribution in [-0.2, 0) is 0 Å². The van der Waals surface area contributed by atoms with Crippen LogP contribution in [0.4, 0.5) is 0 Å². The van der Waals surface area contributed by atoms with Gasteiger partial charge in [0.15, 0.2) is 5.76 Å². The van der Waals surface area contributed by atoms with E-state index >= 15 is 0 Å². The fourth-order valence-corrected chi connectivity index (χ4v) is 3.69. The van der Waals surface area contributed by atoms with Gasteiger partial charge >= 0.3 is 0 Å². The molecular weight excluding hydrogens is 368 g/mol. The third-order valence-electron chi connectivity index (χ3n) is 5.25. The summed E-state index contributed by atoms with van der Waals surface area (Å²) in [5.74, 6) is 0.950. The van der Waals surface area contributed by atoms with E-state index in [9.17, 15) is 9.90 Å². The summed E-state index contributed by atoms with van der Waals surface area (Å²) in [6.07, 6.45) is 2.21. The molecule has 0 fully saturated rings. The van der Waals surface area contributed by atoms with Gasteiger partial charge in [-0.25, -0.2) is 0 Å². The Balaban J connectivity index is 1.52. The van der Waals surface area contributed by atoms with Crippen molar-refractivity contribution < 1.29 is 18.7 Å². The van der Waals surface area contributed by atoms with Crippen molar-refractivity contribution >= 4 is 22.5 Å². The first kappa shape index (κ1) is 17.3. The van der Waals surface area contributed by atoms with Crippen LogP contribution in [-0.4, -0.2) is 16.6 Å². The molecule has 1 aliphatic rings. The number of nitrogens with zero attached hydrogens (tertiary/aromatic N) is 1. The third-order valence-corrected chi connectivity index (χ3v) is 5.25. The number of furan rings is 2. The van der Waals surface area contributed by atoms with Gasteiger partial charge in [-0.05, 0) is 25.1 Å². The molecule has 29 heavy (non-hydrogen) atoms. The fraction of sp³-hybridized carbons (Fsp3) is 0.130. The number of aromatic hydroxyl groups is 1. The van der Waals surface area contributed by atoms with E-state index in [0.717, 1.165) is 22.4 Å². The van der Waals surface area contributed by atoms with E-state index in [2.05, 4.69) is 10.5 Å². The molecule has 6 heteroatoms. The second-order valence-corrected chi connectivity index (χ2v) is 7.08. The van der Waals surface area contributed by atoms with Crippen molar-refractivity contribution in [1.82, 2.24) is 5.43 Å². The lowest BCUT2D eigenvalue weighted by molar-refractivity contribution is 0.101. The molecule has 0 bridgehead atoms. The first-order valence-corrected chi connectivity index (χ1v) is 9.33. The molecule has 3 heterocycles. The zero-order valence-electron chi connectivity index (χ0n) is 15.7. The highest BCUT2D eigenvalue weighted by atomic mass is 16.3. The van der Waals surface area contributed by atoms with Gasteiger partial charge < -0.3 is 13.9 Å². The number of aryl methyl sites for hydroxylation is 1. The summed E-state index contributed by atoms with van der Waals surface area (Å²) in [6, 6.07) is 16.0. The molecule has 4 aromatic rings. The smallest absolute Gasteiger partial charge is 0.228 e. The average molecular weight is 386 g/mol. The second-order valence-electron chi connectivity index (χ2n) is 7.08. The van der Waals surface area contributed by atoms with Crippen LogP contribution in [0, 0.1) is 6.92 Å². The minimum Gasteiger partial charge on any atom is -0.507 e.